The van der Waals surface area contributed by atoms with Crippen LogP contribution in [0.5, 0.6) is 0 Å². The predicted octanol–water partition coefficient (Wildman–Crippen LogP) is 1.59. The molecule has 0 aromatic carbocycles. The fourth-order valence-corrected chi connectivity index (χ4v) is 2.28. The van der Waals surface area contributed by atoms with Crippen LogP contribution in [-0.4, -0.2) is 37.0 Å². The van der Waals surface area contributed by atoms with Gasteiger partial charge in [0.2, 0.25) is 0 Å². The molecule has 1 saturated heterocycles. The van der Waals surface area contributed by atoms with Gasteiger partial charge in [0.15, 0.2) is 0 Å². The molecule has 1 atom stereocenters. The number of esters is 1. The van der Waals surface area contributed by atoms with Crippen LogP contribution >= 0.6 is 0 Å². The molecule has 0 N–H and O–H groups in total. The van der Waals surface area contributed by atoms with Gasteiger partial charge in [0, 0.05) is 13.1 Å². The van der Waals surface area contributed by atoms with Gasteiger partial charge in [-0.2, -0.15) is 0 Å². The molecular formula is C12H21NO3. The summed E-state index contributed by atoms with van der Waals surface area (Å²) in [5.41, 5.74) is 0. The zero-order chi connectivity index (χ0) is 12.0. The molecule has 1 aliphatic heterocycles. The van der Waals surface area contributed by atoms with Crippen molar-refractivity contribution in [2.24, 2.45) is 5.92 Å². The molecule has 0 radical (unpaired) electrons. The minimum absolute atomic E-state index is 0.486. The van der Waals surface area contributed by atoms with Gasteiger partial charge in [-0.1, -0.05) is 19.8 Å². The van der Waals surface area contributed by atoms with Crippen LogP contribution in [0.4, 0.5) is 0 Å². The molecule has 16 heavy (non-hydrogen) atoms. The molecule has 0 bridgehead atoms. The third-order valence-corrected chi connectivity index (χ3v) is 3.19. The lowest BCUT2D eigenvalue weighted by atomic mass is 9.96. The van der Waals surface area contributed by atoms with Gasteiger partial charge < -0.3 is 9.64 Å². The summed E-state index contributed by atoms with van der Waals surface area (Å²) in [4.78, 5) is 24.3. The van der Waals surface area contributed by atoms with Gasteiger partial charge >= 0.3 is 11.9 Å². The van der Waals surface area contributed by atoms with E-state index in [1.165, 1.54) is 26.4 Å². The molecular weight excluding hydrogens is 206 g/mol. The fraction of sp³-hybridized carbons (Fsp3) is 0.833. The predicted molar refractivity (Wildman–Crippen MR) is 60.8 cm³/mol. The summed E-state index contributed by atoms with van der Waals surface area (Å²) < 4.78 is 4.45. The monoisotopic (exact) mass is 227 g/mol. The van der Waals surface area contributed by atoms with Crippen LogP contribution in [0, 0.1) is 5.92 Å². The van der Waals surface area contributed by atoms with E-state index in [4.69, 9.17) is 0 Å². The number of carbonyl (C=O) groups excluding carboxylic acids is 2. The van der Waals surface area contributed by atoms with Gasteiger partial charge in [-0.25, -0.2) is 4.79 Å². The number of rotatable bonds is 2. The largest absolute Gasteiger partial charge is 0.462 e. The average molecular weight is 227 g/mol. The highest BCUT2D eigenvalue weighted by Gasteiger charge is 2.25. The molecule has 92 valence electrons. The van der Waals surface area contributed by atoms with Crippen molar-refractivity contribution in [3.63, 3.8) is 0 Å². The summed E-state index contributed by atoms with van der Waals surface area (Å²) in [5.74, 6) is -0.519. The Bertz CT molecular complexity index is 253. The molecule has 1 rings (SSSR count). The summed E-state index contributed by atoms with van der Waals surface area (Å²) >= 11 is 0. The number of ether oxygens (including phenoxy) is 1. The Balaban J connectivity index is 2.46. The molecule has 0 saturated carbocycles. The van der Waals surface area contributed by atoms with Crippen molar-refractivity contribution < 1.29 is 14.3 Å². The number of likely N-dealkylation sites (tertiary alicyclic amines) is 1. The molecule has 4 heteroatoms. The molecule has 1 fully saturated rings. The Hall–Kier alpha value is -1.06. The molecule has 1 amide bonds. The zero-order valence-electron chi connectivity index (χ0n) is 10.2. The fourth-order valence-electron chi connectivity index (χ4n) is 2.28. The van der Waals surface area contributed by atoms with Crippen LogP contribution in [0.2, 0.25) is 0 Å². The first-order valence-corrected chi connectivity index (χ1v) is 6.06. The molecule has 0 aromatic heterocycles. The first-order valence-electron chi connectivity index (χ1n) is 6.06. The number of nitrogens with zero attached hydrogens (tertiary/aromatic N) is 1. The van der Waals surface area contributed by atoms with Crippen molar-refractivity contribution in [1.29, 1.82) is 0 Å². The highest BCUT2D eigenvalue weighted by molar-refractivity contribution is 6.32. The van der Waals surface area contributed by atoms with Gasteiger partial charge in [-0.15, -0.1) is 0 Å². The lowest BCUT2D eigenvalue weighted by Gasteiger charge is -2.18. The van der Waals surface area contributed by atoms with Crippen LogP contribution in [0.15, 0.2) is 0 Å². The van der Waals surface area contributed by atoms with E-state index in [2.05, 4.69) is 11.7 Å². The summed E-state index contributed by atoms with van der Waals surface area (Å²) in [5, 5.41) is 0. The van der Waals surface area contributed by atoms with Crippen molar-refractivity contribution in [3.05, 3.63) is 0 Å². The summed E-state index contributed by atoms with van der Waals surface area (Å²) in [6, 6.07) is 0. The Kier molecular flexibility index (Phi) is 5.29. The molecule has 1 aliphatic rings. The van der Waals surface area contributed by atoms with E-state index in [0.717, 1.165) is 12.8 Å². The zero-order valence-corrected chi connectivity index (χ0v) is 10.2. The second kappa shape index (κ2) is 6.51. The van der Waals surface area contributed by atoms with Gasteiger partial charge in [0.25, 0.3) is 0 Å². The second-order valence-corrected chi connectivity index (χ2v) is 4.37. The molecule has 0 spiro atoms. The molecule has 1 heterocycles. The lowest BCUT2D eigenvalue weighted by molar-refractivity contribution is -0.158. The van der Waals surface area contributed by atoms with Crippen LogP contribution in [-0.2, 0) is 14.3 Å². The van der Waals surface area contributed by atoms with Crippen LogP contribution in [0.3, 0.4) is 0 Å². The topological polar surface area (TPSA) is 46.6 Å². The maximum Gasteiger partial charge on any atom is 0.396 e. The number of hydrogen-bond acceptors (Lipinski definition) is 3. The van der Waals surface area contributed by atoms with E-state index in [9.17, 15) is 9.59 Å². The number of hydrogen-bond donors (Lipinski definition) is 0. The Morgan fingerprint density at radius 3 is 2.69 bits per heavy atom. The highest BCUT2D eigenvalue weighted by atomic mass is 16.5. The normalized spacial score (nSPS) is 21.4. The Labute approximate surface area is 96.9 Å². The number of amides is 1. The van der Waals surface area contributed by atoms with Crippen molar-refractivity contribution >= 4 is 11.9 Å². The minimum atomic E-state index is -0.742. The Morgan fingerprint density at radius 2 is 2.06 bits per heavy atom. The maximum absolute atomic E-state index is 11.6. The van der Waals surface area contributed by atoms with E-state index >= 15 is 0 Å². The third-order valence-electron chi connectivity index (χ3n) is 3.19. The van der Waals surface area contributed by atoms with Gasteiger partial charge in [0.05, 0.1) is 7.11 Å². The first-order chi connectivity index (χ1) is 7.69. The summed E-state index contributed by atoms with van der Waals surface area (Å²) in [7, 11) is 1.25. The summed E-state index contributed by atoms with van der Waals surface area (Å²) in [6.07, 6.45) is 5.58. The average Bonchev–Trinajstić information content (AvgIpc) is 2.53. The van der Waals surface area contributed by atoms with Crippen LogP contribution in [0.25, 0.3) is 0 Å². The van der Waals surface area contributed by atoms with E-state index in [-0.39, 0.29) is 0 Å². The lowest BCUT2D eigenvalue weighted by Crippen LogP contribution is -2.37. The number of carbonyl (C=O) groups is 2. The van der Waals surface area contributed by atoms with Crippen molar-refractivity contribution in [2.75, 3.05) is 20.2 Å². The van der Waals surface area contributed by atoms with Crippen molar-refractivity contribution in [3.8, 4) is 0 Å². The summed E-state index contributed by atoms with van der Waals surface area (Å²) in [6.45, 7) is 3.56. The van der Waals surface area contributed by atoms with Crippen LogP contribution in [0.1, 0.15) is 39.0 Å². The molecule has 4 nitrogen and oxygen atoms in total. The number of methoxy groups -OCH3 is 1. The highest BCUT2D eigenvalue weighted by Crippen LogP contribution is 2.21. The Morgan fingerprint density at radius 1 is 1.31 bits per heavy atom. The van der Waals surface area contributed by atoms with E-state index in [0.29, 0.717) is 19.0 Å². The van der Waals surface area contributed by atoms with E-state index in [1.807, 2.05) is 0 Å². The van der Waals surface area contributed by atoms with Crippen molar-refractivity contribution in [1.82, 2.24) is 4.90 Å². The van der Waals surface area contributed by atoms with Gasteiger partial charge in [-0.3, -0.25) is 4.79 Å². The first kappa shape index (κ1) is 13.0. The minimum Gasteiger partial charge on any atom is -0.462 e. The van der Waals surface area contributed by atoms with Gasteiger partial charge in [0.1, 0.15) is 0 Å². The standard InChI is InChI=1S/C12H21NO3/c1-3-5-10-6-4-8-13(9-7-10)11(14)12(15)16-2/h10H,3-9H2,1-2H3. The molecule has 1 unspecified atom stereocenters. The second-order valence-electron chi connectivity index (χ2n) is 4.37. The third kappa shape index (κ3) is 3.51. The van der Waals surface area contributed by atoms with Crippen LogP contribution < -0.4 is 0 Å². The maximum atomic E-state index is 11.6. The van der Waals surface area contributed by atoms with Gasteiger partial charge in [-0.05, 0) is 25.2 Å². The molecule has 0 aromatic rings. The van der Waals surface area contributed by atoms with E-state index in [1.54, 1.807) is 4.90 Å². The van der Waals surface area contributed by atoms with E-state index < -0.39 is 11.9 Å². The smallest absolute Gasteiger partial charge is 0.396 e. The quantitative estimate of drug-likeness (QED) is 0.531. The van der Waals surface area contributed by atoms with Crippen molar-refractivity contribution in [2.45, 2.75) is 39.0 Å². The SMILES string of the molecule is CCCC1CCCN(C(=O)C(=O)OC)CC1. The molecule has 0 aliphatic carbocycles.